The molecule has 2 nitrogen and oxygen atoms in total. The van der Waals surface area contributed by atoms with Crippen molar-refractivity contribution in [3.63, 3.8) is 0 Å². The molecule has 0 radical (unpaired) electrons. The molecule has 0 bridgehead atoms. The quantitative estimate of drug-likeness (QED) is 0.173. The third-order valence-corrected chi connectivity index (χ3v) is 10.1. The summed E-state index contributed by atoms with van der Waals surface area (Å²) in [5, 5.41) is 5.12. The topological polar surface area (TPSA) is 18.5 Å². The highest BCUT2D eigenvalue weighted by atomic mass is 16.7. The van der Waals surface area contributed by atoms with Crippen molar-refractivity contribution in [1.82, 2.24) is 0 Å². The van der Waals surface area contributed by atoms with Gasteiger partial charge in [0.15, 0.2) is 0 Å². The number of benzene rings is 5. The number of fused-ring (bicyclic) bond motifs is 7. The van der Waals surface area contributed by atoms with Crippen LogP contribution < -0.4 is 5.46 Å². The molecule has 5 aromatic rings. The minimum Gasteiger partial charge on any atom is -0.399 e. The summed E-state index contributed by atoms with van der Waals surface area (Å²) in [6, 6.07) is 29.3. The molecule has 3 aliphatic rings. The largest absolute Gasteiger partial charge is 0.494 e. The lowest BCUT2D eigenvalue weighted by Gasteiger charge is -2.32. The maximum absolute atomic E-state index is 6.47. The van der Waals surface area contributed by atoms with Gasteiger partial charge in [0.1, 0.15) is 0 Å². The second-order valence-corrected chi connectivity index (χ2v) is 12.4. The van der Waals surface area contributed by atoms with Crippen molar-refractivity contribution in [1.29, 1.82) is 0 Å². The third kappa shape index (κ3) is 2.63. The Morgan fingerprint density at radius 1 is 0.600 bits per heavy atom. The number of hydrogen-bond acceptors (Lipinski definition) is 2. The zero-order valence-corrected chi connectivity index (χ0v) is 23.5. The molecule has 0 N–H and O–H groups in total. The summed E-state index contributed by atoms with van der Waals surface area (Å²) in [6.45, 7) is 16.8. The Hall–Kier alpha value is -3.92. The molecule has 2 aliphatic carbocycles. The molecule has 1 fully saturated rings. The van der Waals surface area contributed by atoms with Crippen LogP contribution in [0.5, 0.6) is 0 Å². The Balaban J connectivity index is 1.46. The Morgan fingerprint density at radius 3 is 1.70 bits per heavy atom. The van der Waals surface area contributed by atoms with E-state index in [0.717, 1.165) is 16.6 Å². The van der Waals surface area contributed by atoms with Gasteiger partial charge in [-0.1, -0.05) is 104 Å². The highest BCUT2D eigenvalue weighted by Crippen LogP contribution is 2.62. The lowest BCUT2D eigenvalue weighted by molar-refractivity contribution is 0.00578. The van der Waals surface area contributed by atoms with Crippen LogP contribution in [0, 0.1) is 0 Å². The summed E-state index contributed by atoms with van der Waals surface area (Å²) in [7, 11) is -0.406. The summed E-state index contributed by atoms with van der Waals surface area (Å²) < 4.78 is 12.9. The smallest absolute Gasteiger partial charge is 0.399 e. The molecule has 3 heteroatoms. The van der Waals surface area contributed by atoms with Crippen LogP contribution in [-0.4, -0.2) is 18.3 Å². The van der Waals surface area contributed by atoms with Gasteiger partial charge in [0.25, 0.3) is 0 Å². The van der Waals surface area contributed by atoms with E-state index in [4.69, 9.17) is 9.31 Å². The SMILES string of the molecule is C=Cc1c(C=C)c2cccc3c2c2c(cccc12)C31c2ccccc2-c2cc(B3OC(C)(C)C(C)(C)O3)ccc21. The first kappa shape index (κ1) is 23.9. The van der Waals surface area contributed by atoms with Crippen LogP contribution in [0.25, 0.3) is 44.8 Å². The van der Waals surface area contributed by atoms with Crippen LogP contribution in [0.15, 0.2) is 92.0 Å². The Morgan fingerprint density at radius 2 is 1.12 bits per heavy atom. The van der Waals surface area contributed by atoms with E-state index in [-0.39, 0.29) is 11.2 Å². The van der Waals surface area contributed by atoms with E-state index >= 15 is 0 Å². The fourth-order valence-electron chi connectivity index (χ4n) is 7.60. The normalized spacial score (nSPS) is 18.6. The van der Waals surface area contributed by atoms with Crippen molar-refractivity contribution in [3.05, 3.63) is 125 Å². The van der Waals surface area contributed by atoms with Gasteiger partial charge in [0, 0.05) is 0 Å². The van der Waals surface area contributed by atoms with Gasteiger partial charge in [-0.2, -0.15) is 0 Å². The number of hydrogen-bond donors (Lipinski definition) is 0. The van der Waals surface area contributed by atoms with Gasteiger partial charge in [-0.15, -0.1) is 0 Å². The van der Waals surface area contributed by atoms with Crippen LogP contribution in [-0.2, 0) is 14.7 Å². The summed E-state index contributed by atoms with van der Waals surface area (Å²) in [5.74, 6) is 0. The second-order valence-electron chi connectivity index (χ2n) is 12.4. The van der Waals surface area contributed by atoms with E-state index in [9.17, 15) is 0 Å². The van der Waals surface area contributed by atoms with E-state index < -0.39 is 12.5 Å². The van der Waals surface area contributed by atoms with Gasteiger partial charge in [0.2, 0.25) is 0 Å². The van der Waals surface area contributed by atoms with E-state index in [1.54, 1.807) is 0 Å². The molecular formula is C37H31BO2. The van der Waals surface area contributed by atoms with Gasteiger partial charge in [-0.3, -0.25) is 0 Å². The first-order chi connectivity index (χ1) is 19.2. The summed E-state index contributed by atoms with van der Waals surface area (Å²) in [5.41, 5.74) is 10.0. The highest BCUT2D eigenvalue weighted by molar-refractivity contribution is 6.62. The first-order valence-corrected chi connectivity index (χ1v) is 14.1. The van der Waals surface area contributed by atoms with Gasteiger partial charge in [-0.05, 0) is 99.2 Å². The van der Waals surface area contributed by atoms with Crippen molar-refractivity contribution >= 4 is 46.3 Å². The van der Waals surface area contributed by atoms with Gasteiger partial charge >= 0.3 is 7.12 Å². The molecule has 1 saturated heterocycles. The predicted molar refractivity (Wildman–Crippen MR) is 168 cm³/mol. The molecular weight excluding hydrogens is 487 g/mol. The minimum atomic E-state index is -0.406. The van der Waals surface area contributed by atoms with Gasteiger partial charge in [-0.25, -0.2) is 0 Å². The molecule has 5 aromatic carbocycles. The molecule has 8 rings (SSSR count). The Kier molecular flexibility index (Phi) is 4.57. The second kappa shape index (κ2) is 7.63. The fraction of sp³-hybridized carbons (Fsp3) is 0.189. The maximum Gasteiger partial charge on any atom is 0.494 e. The van der Waals surface area contributed by atoms with Crippen molar-refractivity contribution < 1.29 is 9.31 Å². The average molecular weight is 518 g/mol. The predicted octanol–water partition coefficient (Wildman–Crippen LogP) is 8.25. The standard InChI is InChI=1S/C37H31BO2/c1-7-23-24(8-2)27-15-12-18-32-34(27)33-26(23)14-11-17-31(33)37(32)29-16-10-9-13-25(29)28-21-22(19-20-30(28)37)38-39-35(3,4)36(5,6)40-38/h7-21H,1-2H2,3-6H3. The van der Waals surface area contributed by atoms with Crippen molar-refractivity contribution in [2.75, 3.05) is 0 Å². The van der Waals surface area contributed by atoms with Crippen molar-refractivity contribution in [2.24, 2.45) is 0 Å². The van der Waals surface area contributed by atoms with Crippen LogP contribution in [0.1, 0.15) is 61.1 Å². The van der Waals surface area contributed by atoms with E-state index in [2.05, 4.69) is 120 Å². The lowest BCUT2D eigenvalue weighted by atomic mass is 9.69. The minimum absolute atomic E-state index is 0.389. The molecule has 0 amide bonds. The van der Waals surface area contributed by atoms with Gasteiger partial charge < -0.3 is 9.31 Å². The van der Waals surface area contributed by atoms with Crippen molar-refractivity contribution in [2.45, 2.75) is 44.3 Å². The maximum atomic E-state index is 6.47. The van der Waals surface area contributed by atoms with E-state index in [1.807, 2.05) is 12.2 Å². The summed E-state index contributed by atoms with van der Waals surface area (Å²) in [6.07, 6.45) is 3.97. The van der Waals surface area contributed by atoms with E-state index in [0.29, 0.717) is 0 Å². The van der Waals surface area contributed by atoms with Crippen molar-refractivity contribution in [3.8, 4) is 11.1 Å². The molecule has 0 atom stereocenters. The average Bonchev–Trinajstić information content (AvgIpc) is 3.51. The third-order valence-electron chi connectivity index (χ3n) is 10.1. The lowest BCUT2D eigenvalue weighted by Crippen LogP contribution is -2.41. The molecule has 40 heavy (non-hydrogen) atoms. The van der Waals surface area contributed by atoms with E-state index in [1.165, 1.54) is 54.9 Å². The zero-order valence-electron chi connectivity index (χ0n) is 23.5. The first-order valence-electron chi connectivity index (χ1n) is 14.1. The van der Waals surface area contributed by atoms with Crippen LogP contribution >= 0.6 is 0 Å². The Labute approximate surface area is 236 Å². The molecule has 194 valence electrons. The molecule has 0 saturated carbocycles. The summed E-state index contributed by atoms with van der Waals surface area (Å²) >= 11 is 0. The monoisotopic (exact) mass is 518 g/mol. The molecule has 0 aromatic heterocycles. The van der Waals surface area contributed by atoms with Crippen LogP contribution in [0.2, 0.25) is 0 Å². The summed E-state index contributed by atoms with van der Waals surface area (Å²) in [4.78, 5) is 0. The Bertz CT molecular complexity index is 1870. The van der Waals surface area contributed by atoms with Crippen LogP contribution in [0.4, 0.5) is 0 Å². The molecule has 1 heterocycles. The highest BCUT2D eigenvalue weighted by Gasteiger charge is 2.54. The molecule has 0 unspecified atom stereocenters. The number of rotatable bonds is 3. The molecule has 1 spiro atoms. The zero-order chi connectivity index (χ0) is 27.6. The van der Waals surface area contributed by atoms with Gasteiger partial charge in [0.05, 0.1) is 16.6 Å². The molecule has 1 aliphatic heterocycles. The fourth-order valence-corrected chi connectivity index (χ4v) is 7.60. The van der Waals surface area contributed by atoms with Crippen LogP contribution in [0.3, 0.4) is 0 Å².